The summed E-state index contributed by atoms with van der Waals surface area (Å²) in [6, 6.07) is 19.0. The SMILES string of the molecule is Oc1c(C=Nc2ccccc2)[nH]c(=S)n1-c1ccccc1. The lowest BCUT2D eigenvalue weighted by atomic mass is 10.3. The van der Waals surface area contributed by atoms with Crippen LogP contribution in [-0.2, 0) is 0 Å². The van der Waals surface area contributed by atoms with Crippen LogP contribution in [0.2, 0.25) is 0 Å². The highest BCUT2D eigenvalue weighted by Gasteiger charge is 2.10. The first kappa shape index (κ1) is 13.3. The van der Waals surface area contributed by atoms with Crippen molar-refractivity contribution in [2.45, 2.75) is 0 Å². The number of nitrogens with zero attached hydrogens (tertiary/aromatic N) is 2. The number of nitrogens with one attached hydrogen (secondary N) is 1. The molecule has 0 atom stereocenters. The molecule has 2 N–H and O–H groups in total. The van der Waals surface area contributed by atoms with Crippen molar-refractivity contribution in [2.24, 2.45) is 4.99 Å². The van der Waals surface area contributed by atoms with Crippen LogP contribution in [0.25, 0.3) is 5.69 Å². The normalized spacial score (nSPS) is 11.0. The predicted octanol–water partition coefficient (Wildman–Crippen LogP) is 3.99. The van der Waals surface area contributed by atoms with Gasteiger partial charge in [-0.25, -0.2) is 0 Å². The van der Waals surface area contributed by atoms with Crippen LogP contribution in [0.4, 0.5) is 5.69 Å². The van der Waals surface area contributed by atoms with E-state index in [1.165, 1.54) is 0 Å². The van der Waals surface area contributed by atoms with Crippen molar-refractivity contribution in [3.05, 3.63) is 71.1 Å². The summed E-state index contributed by atoms with van der Waals surface area (Å²) in [4.78, 5) is 7.27. The van der Waals surface area contributed by atoms with Gasteiger partial charge in [0.15, 0.2) is 4.77 Å². The van der Waals surface area contributed by atoms with E-state index in [4.69, 9.17) is 12.2 Å². The van der Waals surface area contributed by atoms with Crippen LogP contribution < -0.4 is 0 Å². The number of aromatic hydroxyl groups is 1. The minimum Gasteiger partial charge on any atom is -0.493 e. The van der Waals surface area contributed by atoms with E-state index in [1.54, 1.807) is 10.8 Å². The Balaban J connectivity index is 1.99. The van der Waals surface area contributed by atoms with Crippen LogP contribution in [0.1, 0.15) is 5.69 Å². The maximum Gasteiger partial charge on any atom is 0.224 e. The number of hydrogen-bond donors (Lipinski definition) is 2. The second-order valence-corrected chi connectivity index (χ2v) is 4.82. The molecule has 0 aliphatic rings. The fourth-order valence-electron chi connectivity index (χ4n) is 2.00. The Morgan fingerprint density at radius 1 is 1.00 bits per heavy atom. The molecule has 0 saturated heterocycles. The minimum absolute atomic E-state index is 0.0471. The van der Waals surface area contributed by atoms with Gasteiger partial charge >= 0.3 is 0 Å². The number of para-hydroxylation sites is 2. The van der Waals surface area contributed by atoms with Gasteiger partial charge in [-0.3, -0.25) is 9.56 Å². The van der Waals surface area contributed by atoms with E-state index < -0.39 is 0 Å². The number of hydrogen-bond acceptors (Lipinski definition) is 3. The van der Waals surface area contributed by atoms with E-state index in [-0.39, 0.29) is 5.88 Å². The molecule has 0 radical (unpaired) electrons. The van der Waals surface area contributed by atoms with Crippen molar-refractivity contribution < 1.29 is 5.11 Å². The zero-order chi connectivity index (χ0) is 14.7. The summed E-state index contributed by atoms with van der Waals surface area (Å²) in [7, 11) is 0. The topological polar surface area (TPSA) is 53.3 Å². The van der Waals surface area contributed by atoms with Gasteiger partial charge in [0.05, 0.1) is 17.6 Å². The van der Waals surface area contributed by atoms with Gasteiger partial charge in [-0.2, -0.15) is 0 Å². The van der Waals surface area contributed by atoms with E-state index in [0.717, 1.165) is 11.4 Å². The van der Waals surface area contributed by atoms with Gasteiger partial charge in [-0.05, 0) is 36.5 Å². The van der Waals surface area contributed by atoms with Crippen molar-refractivity contribution in [3.63, 3.8) is 0 Å². The van der Waals surface area contributed by atoms with Crippen LogP contribution in [0, 0.1) is 4.77 Å². The highest BCUT2D eigenvalue weighted by atomic mass is 32.1. The lowest BCUT2D eigenvalue weighted by Gasteiger charge is -2.03. The van der Waals surface area contributed by atoms with Gasteiger partial charge in [-0.15, -0.1) is 0 Å². The Kier molecular flexibility index (Phi) is 3.66. The Labute approximate surface area is 127 Å². The Bertz CT molecular complexity index is 820. The first-order valence-electron chi connectivity index (χ1n) is 6.44. The summed E-state index contributed by atoms with van der Waals surface area (Å²) in [5.74, 6) is 0.0471. The average molecular weight is 295 g/mol. The molecule has 0 fully saturated rings. The standard InChI is InChI=1S/C16H13N3OS/c20-15-14(11-17-12-7-3-1-4-8-12)18-16(21)19(15)13-9-5-2-6-10-13/h1-11,20H,(H,18,21). The first-order chi connectivity index (χ1) is 10.3. The molecule has 104 valence electrons. The molecule has 0 bridgehead atoms. The highest BCUT2D eigenvalue weighted by molar-refractivity contribution is 7.71. The number of benzene rings is 2. The number of aromatic amines is 1. The molecule has 2 aromatic carbocycles. The van der Waals surface area contributed by atoms with Crippen molar-refractivity contribution in [1.82, 2.24) is 9.55 Å². The molecule has 3 aromatic rings. The third kappa shape index (κ3) is 2.78. The minimum atomic E-state index is 0.0471. The van der Waals surface area contributed by atoms with Crippen LogP contribution in [0.5, 0.6) is 5.88 Å². The largest absolute Gasteiger partial charge is 0.493 e. The zero-order valence-corrected chi connectivity index (χ0v) is 11.9. The third-order valence-electron chi connectivity index (χ3n) is 3.01. The lowest BCUT2D eigenvalue weighted by molar-refractivity contribution is 0.441. The fraction of sp³-hybridized carbons (Fsp3) is 0. The van der Waals surface area contributed by atoms with Crippen molar-refractivity contribution in [1.29, 1.82) is 0 Å². The van der Waals surface area contributed by atoms with E-state index in [2.05, 4.69) is 9.98 Å². The predicted molar refractivity (Wildman–Crippen MR) is 86.3 cm³/mol. The van der Waals surface area contributed by atoms with Crippen LogP contribution in [0.15, 0.2) is 65.7 Å². The lowest BCUT2D eigenvalue weighted by Crippen LogP contribution is -1.92. The maximum absolute atomic E-state index is 10.3. The van der Waals surface area contributed by atoms with Gasteiger partial charge in [0, 0.05) is 0 Å². The van der Waals surface area contributed by atoms with Gasteiger partial charge in [0.2, 0.25) is 5.88 Å². The van der Waals surface area contributed by atoms with Gasteiger partial charge in [-0.1, -0.05) is 36.4 Å². The summed E-state index contributed by atoms with van der Waals surface area (Å²) >= 11 is 5.26. The molecule has 0 spiro atoms. The number of imidazole rings is 1. The van der Waals surface area contributed by atoms with Crippen LogP contribution in [0.3, 0.4) is 0 Å². The molecule has 0 aliphatic carbocycles. The molecular weight excluding hydrogens is 282 g/mol. The second kappa shape index (κ2) is 5.76. The Morgan fingerprint density at radius 2 is 1.62 bits per heavy atom. The van der Waals surface area contributed by atoms with E-state index in [1.807, 2.05) is 60.7 Å². The Morgan fingerprint density at radius 3 is 2.29 bits per heavy atom. The zero-order valence-electron chi connectivity index (χ0n) is 11.1. The fourth-order valence-corrected chi connectivity index (χ4v) is 2.31. The van der Waals surface area contributed by atoms with Gasteiger partial charge in [0.1, 0.15) is 5.69 Å². The van der Waals surface area contributed by atoms with Crippen molar-refractivity contribution in [2.75, 3.05) is 0 Å². The van der Waals surface area contributed by atoms with Crippen molar-refractivity contribution >= 4 is 24.1 Å². The summed E-state index contributed by atoms with van der Waals surface area (Å²) in [5, 5.41) is 10.3. The van der Waals surface area contributed by atoms with E-state index in [9.17, 15) is 5.11 Å². The van der Waals surface area contributed by atoms with Crippen LogP contribution >= 0.6 is 12.2 Å². The molecule has 5 heteroatoms. The summed E-state index contributed by atoms with van der Waals surface area (Å²) < 4.78 is 2.00. The summed E-state index contributed by atoms with van der Waals surface area (Å²) in [6.07, 6.45) is 1.57. The molecular formula is C16H13N3OS. The average Bonchev–Trinajstić information content (AvgIpc) is 2.81. The van der Waals surface area contributed by atoms with E-state index >= 15 is 0 Å². The molecule has 0 amide bonds. The quantitative estimate of drug-likeness (QED) is 0.567. The van der Waals surface area contributed by atoms with Gasteiger partial charge in [0.25, 0.3) is 0 Å². The first-order valence-corrected chi connectivity index (χ1v) is 6.85. The summed E-state index contributed by atoms with van der Waals surface area (Å²) in [6.45, 7) is 0. The molecule has 21 heavy (non-hydrogen) atoms. The maximum atomic E-state index is 10.3. The number of aromatic nitrogens is 2. The second-order valence-electron chi connectivity index (χ2n) is 4.43. The van der Waals surface area contributed by atoms with Crippen LogP contribution in [-0.4, -0.2) is 20.9 Å². The number of rotatable bonds is 3. The van der Waals surface area contributed by atoms with Gasteiger partial charge < -0.3 is 10.1 Å². The molecule has 3 rings (SSSR count). The number of aliphatic imine (C=N–C) groups is 1. The van der Waals surface area contributed by atoms with Crippen molar-refractivity contribution in [3.8, 4) is 11.6 Å². The molecule has 1 heterocycles. The highest BCUT2D eigenvalue weighted by Crippen LogP contribution is 2.21. The monoisotopic (exact) mass is 295 g/mol. The number of H-pyrrole nitrogens is 1. The molecule has 1 aromatic heterocycles. The smallest absolute Gasteiger partial charge is 0.224 e. The molecule has 4 nitrogen and oxygen atoms in total. The van der Waals surface area contributed by atoms with E-state index in [0.29, 0.717) is 10.5 Å². The Hall–Kier alpha value is -2.66. The molecule has 0 aliphatic heterocycles. The molecule has 0 saturated carbocycles. The summed E-state index contributed by atoms with van der Waals surface area (Å²) in [5.41, 5.74) is 2.09. The third-order valence-corrected chi connectivity index (χ3v) is 3.30. The molecule has 0 unspecified atom stereocenters.